The van der Waals surface area contributed by atoms with Crippen molar-refractivity contribution in [3.8, 4) is 0 Å². The van der Waals surface area contributed by atoms with E-state index in [1.54, 1.807) is 12.1 Å². The van der Waals surface area contributed by atoms with Gasteiger partial charge in [-0.15, -0.1) is 12.4 Å². The van der Waals surface area contributed by atoms with Crippen molar-refractivity contribution in [3.63, 3.8) is 0 Å². The first-order valence-electron chi connectivity index (χ1n) is 5.97. The third kappa shape index (κ3) is 4.72. The second-order valence-corrected chi connectivity index (χ2v) is 7.29. The minimum absolute atomic E-state index is 0. The van der Waals surface area contributed by atoms with E-state index in [0.717, 1.165) is 29.4 Å². The van der Waals surface area contributed by atoms with Gasteiger partial charge in [-0.05, 0) is 50.1 Å². The Balaban J connectivity index is 0.00000180. The van der Waals surface area contributed by atoms with Crippen LogP contribution in [0.5, 0.6) is 0 Å². The average molecular weight is 370 g/mol. The maximum absolute atomic E-state index is 12.1. The van der Waals surface area contributed by atoms with Crippen LogP contribution in [0.15, 0.2) is 27.6 Å². The van der Waals surface area contributed by atoms with Crippen molar-refractivity contribution in [1.29, 1.82) is 0 Å². The van der Waals surface area contributed by atoms with Gasteiger partial charge in [-0.1, -0.05) is 15.9 Å². The molecule has 108 valence electrons. The van der Waals surface area contributed by atoms with Crippen LogP contribution < -0.4 is 10.0 Å². The summed E-state index contributed by atoms with van der Waals surface area (Å²) in [4.78, 5) is 0.312. The summed E-state index contributed by atoms with van der Waals surface area (Å²) in [7, 11) is -3.41. The molecule has 4 nitrogen and oxygen atoms in total. The van der Waals surface area contributed by atoms with Gasteiger partial charge in [0.05, 0.1) is 4.90 Å². The maximum atomic E-state index is 12.1. The fraction of sp³-hybridized carbons (Fsp3) is 0.500. The summed E-state index contributed by atoms with van der Waals surface area (Å²) >= 11 is 3.32. The highest BCUT2D eigenvalue weighted by molar-refractivity contribution is 9.10. The Morgan fingerprint density at radius 1 is 1.42 bits per heavy atom. The predicted octanol–water partition coefficient (Wildman–Crippen LogP) is 2.21. The van der Waals surface area contributed by atoms with Crippen LogP contribution in [0.4, 0.5) is 0 Å². The van der Waals surface area contributed by atoms with E-state index in [2.05, 4.69) is 26.0 Å². The molecule has 1 unspecified atom stereocenters. The smallest absolute Gasteiger partial charge is 0.240 e. The van der Waals surface area contributed by atoms with E-state index in [9.17, 15) is 8.42 Å². The lowest BCUT2D eigenvalue weighted by atomic mass is 10.2. The topological polar surface area (TPSA) is 58.2 Å². The molecule has 7 heteroatoms. The van der Waals surface area contributed by atoms with Crippen molar-refractivity contribution < 1.29 is 8.42 Å². The SMILES string of the molecule is Cc1cc(Br)cc(S(=O)(=O)NCC2CCCN2)c1.Cl. The summed E-state index contributed by atoms with van der Waals surface area (Å²) in [5, 5.41) is 3.27. The zero-order chi connectivity index (χ0) is 13.2. The first kappa shape index (κ1) is 16.9. The summed E-state index contributed by atoms with van der Waals surface area (Å²) in [6, 6.07) is 5.44. The van der Waals surface area contributed by atoms with Crippen molar-refractivity contribution >= 4 is 38.4 Å². The Morgan fingerprint density at radius 3 is 2.74 bits per heavy atom. The van der Waals surface area contributed by atoms with E-state index in [4.69, 9.17) is 0 Å². The summed E-state index contributed by atoms with van der Waals surface area (Å²) in [5.41, 5.74) is 0.920. The third-order valence-electron chi connectivity index (χ3n) is 3.01. The van der Waals surface area contributed by atoms with Crippen molar-refractivity contribution in [3.05, 3.63) is 28.2 Å². The van der Waals surface area contributed by atoms with Crippen molar-refractivity contribution in [2.24, 2.45) is 0 Å². The number of hydrogen-bond donors (Lipinski definition) is 2. The fourth-order valence-corrected chi connectivity index (χ4v) is 4.05. The van der Waals surface area contributed by atoms with E-state index < -0.39 is 10.0 Å². The molecule has 1 atom stereocenters. The Labute approximate surface area is 128 Å². The average Bonchev–Trinajstić information content (AvgIpc) is 2.78. The molecule has 0 radical (unpaired) electrons. The molecule has 0 aliphatic carbocycles. The van der Waals surface area contributed by atoms with Crippen LogP contribution in [0.3, 0.4) is 0 Å². The van der Waals surface area contributed by atoms with Crippen LogP contribution in [-0.2, 0) is 10.0 Å². The maximum Gasteiger partial charge on any atom is 0.240 e. The molecular weight excluding hydrogens is 352 g/mol. The van der Waals surface area contributed by atoms with Gasteiger partial charge in [0, 0.05) is 17.1 Å². The molecule has 2 N–H and O–H groups in total. The second-order valence-electron chi connectivity index (χ2n) is 4.61. The van der Waals surface area contributed by atoms with Crippen molar-refractivity contribution in [2.75, 3.05) is 13.1 Å². The zero-order valence-corrected chi connectivity index (χ0v) is 13.9. The van der Waals surface area contributed by atoms with Gasteiger partial charge in [0.2, 0.25) is 10.0 Å². The van der Waals surface area contributed by atoms with Gasteiger partial charge in [0.15, 0.2) is 0 Å². The van der Waals surface area contributed by atoms with Gasteiger partial charge in [-0.3, -0.25) is 0 Å². The quantitative estimate of drug-likeness (QED) is 0.855. The van der Waals surface area contributed by atoms with Gasteiger partial charge in [0.25, 0.3) is 0 Å². The molecule has 0 aromatic heterocycles. The Kier molecular flexibility index (Phi) is 6.26. The molecule has 0 amide bonds. The van der Waals surface area contributed by atoms with E-state index in [1.165, 1.54) is 0 Å². The molecule has 0 spiro atoms. The minimum Gasteiger partial charge on any atom is -0.313 e. The monoisotopic (exact) mass is 368 g/mol. The van der Waals surface area contributed by atoms with E-state index in [0.29, 0.717) is 11.4 Å². The van der Waals surface area contributed by atoms with Crippen LogP contribution in [-0.4, -0.2) is 27.5 Å². The van der Waals surface area contributed by atoms with Gasteiger partial charge in [0.1, 0.15) is 0 Å². The summed E-state index contributed by atoms with van der Waals surface area (Å²) < 4.78 is 27.7. The molecule has 0 bridgehead atoms. The zero-order valence-electron chi connectivity index (χ0n) is 10.6. The van der Waals surface area contributed by atoms with Crippen LogP contribution in [0.2, 0.25) is 0 Å². The largest absolute Gasteiger partial charge is 0.313 e. The highest BCUT2D eigenvalue weighted by atomic mass is 79.9. The number of aryl methyl sites for hydroxylation is 1. The van der Waals surface area contributed by atoms with Crippen molar-refractivity contribution in [2.45, 2.75) is 30.7 Å². The molecule has 1 heterocycles. The fourth-order valence-electron chi connectivity index (χ4n) is 2.08. The number of hydrogen-bond acceptors (Lipinski definition) is 3. The predicted molar refractivity (Wildman–Crippen MR) is 82.3 cm³/mol. The Hall–Kier alpha value is -0.140. The number of sulfonamides is 1. The molecule has 0 saturated carbocycles. The first-order chi connectivity index (χ1) is 8.47. The number of halogens is 2. The Morgan fingerprint density at radius 2 is 2.16 bits per heavy atom. The van der Waals surface area contributed by atoms with Crippen LogP contribution in [0.25, 0.3) is 0 Å². The van der Waals surface area contributed by atoms with Gasteiger partial charge in [-0.2, -0.15) is 0 Å². The summed E-state index contributed by atoms with van der Waals surface area (Å²) in [6.07, 6.45) is 2.14. The number of rotatable bonds is 4. The molecule has 1 aliphatic heterocycles. The van der Waals surface area contributed by atoms with Crippen LogP contribution >= 0.6 is 28.3 Å². The summed E-state index contributed by atoms with van der Waals surface area (Å²) in [6.45, 7) is 3.30. The summed E-state index contributed by atoms with van der Waals surface area (Å²) in [5.74, 6) is 0. The number of nitrogens with one attached hydrogen (secondary N) is 2. The highest BCUT2D eigenvalue weighted by Crippen LogP contribution is 2.19. The van der Waals surface area contributed by atoms with E-state index >= 15 is 0 Å². The van der Waals surface area contributed by atoms with E-state index in [1.807, 2.05) is 13.0 Å². The lowest BCUT2D eigenvalue weighted by molar-refractivity contribution is 0.551. The number of benzene rings is 1. The molecule has 2 rings (SSSR count). The third-order valence-corrected chi connectivity index (χ3v) is 4.87. The van der Waals surface area contributed by atoms with Crippen LogP contribution in [0.1, 0.15) is 18.4 Å². The lowest BCUT2D eigenvalue weighted by Crippen LogP contribution is -2.37. The molecular formula is C12H18BrClN2O2S. The molecule has 19 heavy (non-hydrogen) atoms. The standard InChI is InChI=1S/C12H17BrN2O2S.ClH/c1-9-5-10(13)7-12(6-9)18(16,17)15-8-11-3-2-4-14-11;/h5-7,11,14-15H,2-4,8H2,1H3;1H. The van der Waals surface area contributed by atoms with Gasteiger partial charge >= 0.3 is 0 Å². The van der Waals surface area contributed by atoms with Gasteiger partial charge in [-0.25, -0.2) is 13.1 Å². The molecule has 1 aromatic rings. The molecule has 1 aromatic carbocycles. The minimum atomic E-state index is -3.41. The highest BCUT2D eigenvalue weighted by Gasteiger charge is 2.19. The first-order valence-corrected chi connectivity index (χ1v) is 8.25. The van der Waals surface area contributed by atoms with E-state index in [-0.39, 0.29) is 18.4 Å². The lowest BCUT2D eigenvalue weighted by Gasteiger charge is -2.12. The van der Waals surface area contributed by atoms with Crippen molar-refractivity contribution in [1.82, 2.24) is 10.0 Å². The molecule has 1 fully saturated rings. The molecule has 1 aliphatic rings. The second kappa shape index (κ2) is 7.04. The van der Waals surface area contributed by atoms with Crippen LogP contribution in [0, 0.1) is 6.92 Å². The van der Waals surface area contributed by atoms with Gasteiger partial charge < -0.3 is 5.32 Å². The molecule has 1 saturated heterocycles. The normalized spacial score (nSPS) is 19.2. The Bertz CT molecular complexity index is 510.